The summed E-state index contributed by atoms with van der Waals surface area (Å²) in [7, 11) is 0. The van der Waals surface area contributed by atoms with Crippen LogP contribution in [0.2, 0.25) is 0 Å². The minimum atomic E-state index is -1.08. The number of halogens is 2. The fraction of sp³-hybridized carbons (Fsp3) is 0.167. The van der Waals surface area contributed by atoms with Crippen LogP contribution < -0.4 is 0 Å². The van der Waals surface area contributed by atoms with Crippen molar-refractivity contribution in [2.24, 2.45) is 0 Å². The second-order valence-corrected chi connectivity index (χ2v) is 3.52. The van der Waals surface area contributed by atoms with Crippen LogP contribution in [0.25, 0.3) is 0 Å². The lowest BCUT2D eigenvalue weighted by atomic mass is 10.1. The van der Waals surface area contributed by atoms with E-state index in [1.165, 1.54) is 6.07 Å². The van der Waals surface area contributed by atoms with Gasteiger partial charge in [0.2, 0.25) is 0 Å². The third-order valence-electron chi connectivity index (χ3n) is 2.29. The van der Waals surface area contributed by atoms with Gasteiger partial charge >= 0.3 is 0 Å². The Labute approximate surface area is 91.1 Å². The molecule has 0 amide bonds. The lowest BCUT2D eigenvalue weighted by Gasteiger charge is -2.08. The highest BCUT2D eigenvalue weighted by molar-refractivity contribution is 5.26. The molecule has 1 aromatic carbocycles. The monoisotopic (exact) mass is 224 g/mol. The number of aliphatic hydroxyl groups is 1. The van der Waals surface area contributed by atoms with E-state index in [0.29, 0.717) is 11.5 Å². The molecule has 0 spiro atoms. The first-order valence-corrected chi connectivity index (χ1v) is 4.77. The second kappa shape index (κ2) is 4.06. The van der Waals surface area contributed by atoms with E-state index >= 15 is 0 Å². The van der Waals surface area contributed by atoms with Gasteiger partial charge in [-0.1, -0.05) is 6.07 Å². The van der Waals surface area contributed by atoms with Crippen molar-refractivity contribution < 1.29 is 18.3 Å². The fourth-order valence-electron chi connectivity index (χ4n) is 1.45. The molecule has 2 aromatic rings. The number of aliphatic hydroxyl groups excluding tert-OH is 1. The lowest BCUT2D eigenvalue weighted by Crippen LogP contribution is -1.99. The molecule has 0 aliphatic heterocycles. The Bertz CT molecular complexity index is 505. The Morgan fingerprint density at radius 3 is 2.44 bits per heavy atom. The summed E-state index contributed by atoms with van der Waals surface area (Å²) in [6.07, 6.45) is -1.08. The molecule has 0 bridgehead atoms. The van der Waals surface area contributed by atoms with Crippen LogP contribution in [-0.2, 0) is 0 Å². The molecule has 0 unspecified atom stereocenters. The summed E-state index contributed by atoms with van der Waals surface area (Å²) in [5, 5.41) is 9.84. The molecule has 1 heterocycles. The summed E-state index contributed by atoms with van der Waals surface area (Å²) < 4.78 is 30.8. The summed E-state index contributed by atoms with van der Waals surface area (Å²) in [6.45, 7) is 1.74. The van der Waals surface area contributed by atoms with Gasteiger partial charge in [0.05, 0.1) is 0 Å². The molecule has 0 aliphatic carbocycles. The maximum Gasteiger partial charge on any atom is 0.159 e. The topological polar surface area (TPSA) is 33.4 Å². The van der Waals surface area contributed by atoms with Gasteiger partial charge in [-0.25, -0.2) is 8.78 Å². The van der Waals surface area contributed by atoms with E-state index in [1.54, 1.807) is 19.1 Å². The predicted octanol–water partition coefficient (Wildman–Crippen LogP) is 2.95. The average Bonchev–Trinajstić information content (AvgIpc) is 2.68. The molecule has 0 saturated heterocycles. The minimum absolute atomic E-state index is 0.258. The molecule has 2 nitrogen and oxygen atoms in total. The SMILES string of the molecule is Cc1ccc([C@H](O)c2ccc(F)c(F)c2)o1. The summed E-state index contributed by atoms with van der Waals surface area (Å²) in [6, 6.07) is 6.54. The van der Waals surface area contributed by atoms with Crippen molar-refractivity contribution in [1.29, 1.82) is 0 Å². The zero-order chi connectivity index (χ0) is 11.7. The first kappa shape index (κ1) is 10.8. The standard InChI is InChI=1S/C12H10F2O2/c1-7-2-5-11(16-7)12(15)8-3-4-9(13)10(14)6-8/h2-6,12,15H,1H3/t12-/m1/s1. The molecule has 16 heavy (non-hydrogen) atoms. The Hall–Kier alpha value is -1.68. The molecule has 0 aliphatic rings. The van der Waals surface area contributed by atoms with Crippen LogP contribution >= 0.6 is 0 Å². The Morgan fingerprint density at radius 1 is 1.12 bits per heavy atom. The maximum absolute atomic E-state index is 12.9. The van der Waals surface area contributed by atoms with E-state index in [4.69, 9.17) is 4.42 Å². The van der Waals surface area contributed by atoms with Gasteiger partial charge in [0.1, 0.15) is 17.6 Å². The number of aryl methyl sites for hydroxylation is 1. The Balaban J connectivity index is 2.33. The Morgan fingerprint density at radius 2 is 1.88 bits per heavy atom. The molecule has 2 rings (SSSR count). The van der Waals surface area contributed by atoms with Crippen LogP contribution in [0.5, 0.6) is 0 Å². The van der Waals surface area contributed by atoms with Gasteiger partial charge in [-0.05, 0) is 36.8 Å². The number of furan rings is 1. The van der Waals surface area contributed by atoms with Gasteiger partial charge < -0.3 is 9.52 Å². The number of benzene rings is 1. The number of hydrogen-bond acceptors (Lipinski definition) is 2. The quantitative estimate of drug-likeness (QED) is 0.850. The van der Waals surface area contributed by atoms with Crippen molar-refractivity contribution in [3.05, 3.63) is 59.1 Å². The van der Waals surface area contributed by atoms with E-state index in [0.717, 1.165) is 12.1 Å². The van der Waals surface area contributed by atoms with E-state index in [-0.39, 0.29) is 5.56 Å². The zero-order valence-electron chi connectivity index (χ0n) is 8.58. The third-order valence-corrected chi connectivity index (χ3v) is 2.29. The molecular formula is C12H10F2O2. The summed E-state index contributed by atoms with van der Waals surface area (Å²) in [4.78, 5) is 0. The predicted molar refractivity (Wildman–Crippen MR) is 53.9 cm³/mol. The molecule has 0 fully saturated rings. The van der Waals surface area contributed by atoms with Gasteiger partial charge in [0.15, 0.2) is 11.6 Å². The second-order valence-electron chi connectivity index (χ2n) is 3.52. The van der Waals surface area contributed by atoms with E-state index in [1.807, 2.05) is 0 Å². The summed E-state index contributed by atoms with van der Waals surface area (Å²) in [5.41, 5.74) is 0.258. The number of hydrogen-bond donors (Lipinski definition) is 1. The third kappa shape index (κ3) is 1.97. The summed E-state index contributed by atoms with van der Waals surface area (Å²) >= 11 is 0. The van der Waals surface area contributed by atoms with Crippen molar-refractivity contribution in [3.8, 4) is 0 Å². The molecule has 0 radical (unpaired) electrons. The van der Waals surface area contributed by atoms with Crippen molar-refractivity contribution in [2.45, 2.75) is 13.0 Å². The van der Waals surface area contributed by atoms with Gasteiger partial charge in [-0.2, -0.15) is 0 Å². The van der Waals surface area contributed by atoms with Crippen molar-refractivity contribution in [1.82, 2.24) is 0 Å². The van der Waals surface area contributed by atoms with Crippen LogP contribution in [0.3, 0.4) is 0 Å². The van der Waals surface area contributed by atoms with E-state index in [9.17, 15) is 13.9 Å². The maximum atomic E-state index is 12.9. The minimum Gasteiger partial charge on any atom is -0.463 e. The average molecular weight is 224 g/mol. The molecule has 1 aromatic heterocycles. The van der Waals surface area contributed by atoms with Crippen molar-refractivity contribution in [3.63, 3.8) is 0 Å². The molecule has 0 saturated carbocycles. The van der Waals surface area contributed by atoms with Gasteiger partial charge in [0.25, 0.3) is 0 Å². The van der Waals surface area contributed by atoms with Gasteiger partial charge in [0, 0.05) is 0 Å². The summed E-state index contributed by atoms with van der Waals surface area (Å²) in [5.74, 6) is -0.966. The number of rotatable bonds is 2. The van der Waals surface area contributed by atoms with Crippen LogP contribution in [-0.4, -0.2) is 5.11 Å². The lowest BCUT2D eigenvalue weighted by molar-refractivity contribution is 0.187. The Kier molecular flexibility index (Phi) is 2.75. The molecule has 4 heteroatoms. The first-order valence-electron chi connectivity index (χ1n) is 4.77. The van der Waals surface area contributed by atoms with Gasteiger partial charge in [-0.3, -0.25) is 0 Å². The largest absolute Gasteiger partial charge is 0.463 e. The highest BCUT2D eigenvalue weighted by atomic mass is 19.2. The van der Waals surface area contributed by atoms with E-state index in [2.05, 4.69) is 0 Å². The van der Waals surface area contributed by atoms with Crippen molar-refractivity contribution in [2.75, 3.05) is 0 Å². The fourth-order valence-corrected chi connectivity index (χ4v) is 1.45. The molecule has 84 valence electrons. The van der Waals surface area contributed by atoms with Crippen LogP contribution in [0, 0.1) is 18.6 Å². The molecular weight excluding hydrogens is 214 g/mol. The molecule has 1 atom stereocenters. The smallest absolute Gasteiger partial charge is 0.159 e. The van der Waals surface area contributed by atoms with Crippen LogP contribution in [0.4, 0.5) is 8.78 Å². The van der Waals surface area contributed by atoms with Gasteiger partial charge in [-0.15, -0.1) is 0 Å². The van der Waals surface area contributed by atoms with Crippen LogP contribution in [0.1, 0.15) is 23.2 Å². The molecule has 1 N–H and O–H groups in total. The van der Waals surface area contributed by atoms with Crippen LogP contribution in [0.15, 0.2) is 34.7 Å². The van der Waals surface area contributed by atoms with Crippen molar-refractivity contribution >= 4 is 0 Å². The first-order chi connectivity index (χ1) is 7.58. The van der Waals surface area contributed by atoms with E-state index < -0.39 is 17.7 Å². The highest BCUT2D eigenvalue weighted by Gasteiger charge is 2.15. The normalized spacial score (nSPS) is 12.8. The highest BCUT2D eigenvalue weighted by Crippen LogP contribution is 2.24. The zero-order valence-corrected chi connectivity index (χ0v) is 8.58.